The van der Waals surface area contributed by atoms with Crippen molar-refractivity contribution in [3.05, 3.63) is 88.4 Å². The summed E-state index contributed by atoms with van der Waals surface area (Å²) in [5.74, 6) is 0.188. The van der Waals surface area contributed by atoms with Crippen molar-refractivity contribution in [1.82, 2.24) is 19.8 Å². The number of aromatic carboxylic acids is 1. The number of nitrogens with zero attached hydrogens (tertiary/aromatic N) is 4. The van der Waals surface area contributed by atoms with Crippen LogP contribution >= 0.6 is 0 Å². The fourth-order valence-corrected chi connectivity index (χ4v) is 7.00. The van der Waals surface area contributed by atoms with Crippen molar-refractivity contribution in [1.29, 1.82) is 0 Å². The Morgan fingerprint density at radius 3 is 2.36 bits per heavy atom. The molecule has 3 saturated heterocycles. The van der Waals surface area contributed by atoms with Crippen LogP contribution in [0.2, 0.25) is 0 Å². The first kappa shape index (κ1) is 30.2. The number of carboxylic acids is 1. The van der Waals surface area contributed by atoms with Gasteiger partial charge in [-0.1, -0.05) is 42.0 Å². The monoisotopic (exact) mass is 597 g/mol. The van der Waals surface area contributed by atoms with E-state index in [0.29, 0.717) is 48.7 Å². The van der Waals surface area contributed by atoms with Gasteiger partial charge in [0.05, 0.1) is 17.8 Å². The van der Waals surface area contributed by atoms with Crippen molar-refractivity contribution in [3.8, 4) is 0 Å². The van der Waals surface area contributed by atoms with Gasteiger partial charge in [-0.25, -0.2) is 14.8 Å². The van der Waals surface area contributed by atoms with Crippen LogP contribution in [0.1, 0.15) is 93.6 Å². The molecule has 44 heavy (non-hydrogen) atoms. The molecule has 0 aliphatic carbocycles. The Morgan fingerprint density at radius 1 is 0.909 bits per heavy atom. The largest absolute Gasteiger partial charge is 0.478 e. The lowest BCUT2D eigenvalue weighted by Gasteiger charge is -2.37. The highest BCUT2D eigenvalue weighted by atomic mass is 16.5. The summed E-state index contributed by atoms with van der Waals surface area (Å²) in [4.78, 5) is 38.1. The number of amides is 1. The normalized spacial score (nSPS) is 23.0. The standard InChI is InChI=1S/C35H43N5O4/c1-23-6-8-26(9-7-23)31-5-3-4-30(44-31)20-36-33-24(2)32(37-22-38-33)34(41)39-18-15-29(16-19-39)40-17-14-28(21-40)25-10-12-27(13-11-25)35(42)43/h6-13,22,28-31H,3-5,14-21H2,1-2H3,(H,42,43)(H,36,37,38). The molecule has 9 nitrogen and oxygen atoms in total. The number of benzene rings is 2. The summed E-state index contributed by atoms with van der Waals surface area (Å²) in [6.07, 6.45) is 7.76. The number of carbonyl (C=O) groups excluding carboxylic acids is 1. The summed E-state index contributed by atoms with van der Waals surface area (Å²) in [5.41, 5.74) is 5.26. The summed E-state index contributed by atoms with van der Waals surface area (Å²) in [6, 6.07) is 16.4. The van der Waals surface area contributed by atoms with Crippen molar-refractivity contribution in [3.63, 3.8) is 0 Å². The van der Waals surface area contributed by atoms with Crippen LogP contribution in [0.25, 0.3) is 0 Å². The van der Waals surface area contributed by atoms with Crippen LogP contribution in [0.15, 0.2) is 54.9 Å². The fraction of sp³-hybridized carbons (Fsp3) is 0.486. The smallest absolute Gasteiger partial charge is 0.335 e. The molecule has 0 spiro atoms. The molecule has 3 aromatic rings. The molecule has 3 atom stereocenters. The number of carbonyl (C=O) groups is 2. The Kier molecular flexibility index (Phi) is 9.23. The van der Waals surface area contributed by atoms with E-state index in [9.17, 15) is 14.7 Å². The number of nitrogens with one attached hydrogen (secondary N) is 1. The summed E-state index contributed by atoms with van der Waals surface area (Å²) in [6.45, 7) is 8.08. The Balaban J connectivity index is 1.00. The molecular weight excluding hydrogens is 554 g/mol. The maximum Gasteiger partial charge on any atom is 0.335 e. The van der Waals surface area contributed by atoms with Gasteiger partial charge < -0.3 is 20.1 Å². The Bertz CT molecular complexity index is 1450. The van der Waals surface area contributed by atoms with Crippen molar-refractivity contribution in [2.24, 2.45) is 0 Å². The number of rotatable bonds is 8. The third-order valence-electron chi connectivity index (χ3n) is 9.70. The molecule has 2 aromatic carbocycles. The Morgan fingerprint density at radius 2 is 1.64 bits per heavy atom. The molecule has 4 heterocycles. The number of piperidine rings is 1. The van der Waals surface area contributed by atoms with Crippen molar-refractivity contribution in [2.75, 3.05) is 38.0 Å². The maximum absolute atomic E-state index is 13.6. The van der Waals surface area contributed by atoms with Crippen molar-refractivity contribution in [2.45, 2.75) is 76.5 Å². The van der Waals surface area contributed by atoms with Crippen LogP contribution in [0, 0.1) is 13.8 Å². The fourth-order valence-electron chi connectivity index (χ4n) is 7.00. The van der Waals surface area contributed by atoms with Crippen LogP contribution < -0.4 is 5.32 Å². The minimum Gasteiger partial charge on any atom is -0.478 e. The second-order valence-corrected chi connectivity index (χ2v) is 12.6. The average Bonchev–Trinajstić information content (AvgIpc) is 3.55. The highest BCUT2D eigenvalue weighted by molar-refractivity contribution is 5.94. The van der Waals surface area contributed by atoms with E-state index in [1.165, 1.54) is 23.0 Å². The molecule has 1 aromatic heterocycles. The lowest BCUT2D eigenvalue weighted by Crippen LogP contribution is -2.46. The predicted molar refractivity (Wildman–Crippen MR) is 169 cm³/mol. The second kappa shape index (κ2) is 13.4. The number of aromatic nitrogens is 2. The van der Waals surface area contributed by atoms with Gasteiger partial charge in [0, 0.05) is 37.8 Å². The van der Waals surface area contributed by atoms with Gasteiger partial charge in [0.25, 0.3) is 5.91 Å². The third-order valence-corrected chi connectivity index (χ3v) is 9.70. The zero-order valence-corrected chi connectivity index (χ0v) is 25.7. The molecule has 2 N–H and O–H groups in total. The van der Waals surface area contributed by atoms with Gasteiger partial charge in [0.1, 0.15) is 17.8 Å². The first-order valence-electron chi connectivity index (χ1n) is 16.0. The topological polar surface area (TPSA) is 108 Å². The number of hydrogen-bond donors (Lipinski definition) is 2. The number of hydrogen-bond acceptors (Lipinski definition) is 7. The molecule has 0 radical (unpaired) electrons. The Hall–Kier alpha value is -3.82. The number of anilines is 1. The van der Waals surface area contributed by atoms with Gasteiger partial charge in [-0.3, -0.25) is 9.69 Å². The molecule has 0 saturated carbocycles. The predicted octanol–water partition coefficient (Wildman–Crippen LogP) is 5.61. The summed E-state index contributed by atoms with van der Waals surface area (Å²) in [5, 5.41) is 12.6. The van der Waals surface area contributed by atoms with Gasteiger partial charge in [-0.2, -0.15) is 0 Å². The molecule has 3 aliphatic rings. The number of carboxylic acid groups (broad SMARTS) is 1. The van der Waals surface area contributed by atoms with Crippen LogP contribution in [0.4, 0.5) is 5.82 Å². The van der Waals surface area contributed by atoms with E-state index in [2.05, 4.69) is 51.4 Å². The Labute approximate surface area is 259 Å². The lowest BCUT2D eigenvalue weighted by molar-refractivity contribution is -0.0442. The lowest BCUT2D eigenvalue weighted by atomic mass is 9.97. The minimum absolute atomic E-state index is 0.0300. The van der Waals surface area contributed by atoms with Crippen molar-refractivity contribution < 1.29 is 19.4 Å². The zero-order valence-electron chi connectivity index (χ0n) is 25.7. The molecule has 3 aliphatic heterocycles. The van der Waals surface area contributed by atoms with Crippen LogP contribution in [0.3, 0.4) is 0 Å². The number of ether oxygens (including phenoxy) is 1. The SMILES string of the molecule is Cc1ccc(C2CCCC(CNc3ncnc(C(=O)N4CCC(N5CCC(c6ccc(C(=O)O)cc6)C5)CC4)c3C)O2)cc1. The highest BCUT2D eigenvalue weighted by Gasteiger charge is 2.33. The van der Waals surface area contributed by atoms with Crippen LogP contribution in [0.5, 0.6) is 0 Å². The second-order valence-electron chi connectivity index (χ2n) is 12.6. The quantitative estimate of drug-likeness (QED) is 0.345. The van der Waals surface area contributed by atoms with Gasteiger partial charge in [-0.05, 0) is 88.1 Å². The minimum atomic E-state index is -0.892. The zero-order chi connectivity index (χ0) is 30.6. The summed E-state index contributed by atoms with van der Waals surface area (Å²) >= 11 is 0. The highest BCUT2D eigenvalue weighted by Crippen LogP contribution is 2.33. The maximum atomic E-state index is 13.6. The average molecular weight is 598 g/mol. The first-order valence-corrected chi connectivity index (χ1v) is 16.0. The summed E-state index contributed by atoms with van der Waals surface area (Å²) < 4.78 is 6.44. The first-order chi connectivity index (χ1) is 21.4. The van der Waals surface area contributed by atoms with E-state index in [1.54, 1.807) is 12.1 Å². The van der Waals surface area contributed by atoms with Gasteiger partial charge in [0.2, 0.25) is 0 Å². The van der Waals surface area contributed by atoms with E-state index in [1.807, 2.05) is 24.0 Å². The molecule has 6 rings (SSSR count). The molecule has 3 fully saturated rings. The van der Waals surface area contributed by atoms with E-state index < -0.39 is 5.97 Å². The number of likely N-dealkylation sites (tertiary alicyclic amines) is 2. The molecule has 9 heteroatoms. The van der Waals surface area contributed by atoms with Crippen LogP contribution in [-0.4, -0.2) is 81.6 Å². The van der Waals surface area contributed by atoms with Gasteiger partial charge in [0.15, 0.2) is 0 Å². The number of aryl methyl sites for hydroxylation is 1. The van der Waals surface area contributed by atoms with Gasteiger partial charge >= 0.3 is 5.97 Å². The third kappa shape index (κ3) is 6.79. The molecule has 1 amide bonds. The van der Waals surface area contributed by atoms with E-state index >= 15 is 0 Å². The molecule has 232 valence electrons. The molecule has 3 unspecified atom stereocenters. The van der Waals surface area contributed by atoms with Crippen LogP contribution in [-0.2, 0) is 4.74 Å². The molecule has 0 bridgehead atoms. The van der Waals surface area contributed by atoms with E-state index in [4.69, 9.17) is 4.74 Å². The van der Waals surface area contributed by atoms with E-state index in [-0.39, 0.29) is 18.1 Å². The van der Waals surface area contributed by atoms with E-state index in [0.717, 1.165) is 57.2 Å². The van der Waals surface area contributed by atoms with Crippen molar-refractivity contribution >= 4 is 17.7 Å². The van der Waals surface area contributed by atoms with Gasteiger partial charge in [-0.15, -0.1) is 0 Å². The molecular formula is C35H43N5O4. The summed E-state index contributed by atoms with van der Waals surface area (Å²) in [7, 11) is 0.